The first kappa shape index (κ1) is 20.3. The summed E-state index contributed by atoms with van der Waals surface area (Å²) in [5.74, 6) is 1.52. The van der Waals surface area contributed by atoms with Crippen LogP contribution >= 0.6 is 23.1 Å². The SMILES string of the molecule is COc1ccc(-n2c(SCc3ccccc3)nc3sc4c(c3c2=O)CC[NH+](C)C4)cc1. The summed E-state index contributed by atoms with van der Waals surface area (Å²) in [7, 11) is 3.85. The molecule has 2 aromatic heterocycles. The van der Waals surface area contributed by atoms with Crippen molar-refractivity contribution in [1.29, 1.82) is 0 Å². The van der Waals surface area contributed by atoms with E-state index in [0.29, 0.717) is 0 Å². The molecular formula is C24H24N3O2S2+. The van der Waals surface area contributed by atoms with Crippen molar-refractivity contribution < 1.29 is 9.64 Å². The lowest BCUT2D eigenvalue weighted by atomic mass is 10.1. The standard InChI is InChI=1S/C24H23N3O2S2/c1-26-13-12-19-20(14-26)31-22-21(19)23(28)27(17-8-10-18(29-2)11-9-17)24(25-22)30-15-16-6-4-3-5-7-16/h3-11H,12-15H2,1-2H3/p+1. The van der Waals surface area contributed by atoms with Gasteiger partial charge in [-0.25, -0.2) is 4.98 Å². The van der Waals surface area contributed by atoms with Gasteiger partial charge in [0.2, 0.25) is 0 Å². The molecule has 3 heterocycles. The van der Waals surface area contributed by atoms with Crippen LogP contribution in [0.2, 0.25) is 0 Å². The monoisotopic (exact) mass is 450 g/mol. The van der Waals surface area contributed by atoms with Crippen molar-refractivity contribution in [3.8, 4) is 11.4 Å². The quantitative estimate of drug-likeness (QED) is 0.374. The highest BCUT2D eigenvalue weighted by Gasteiger charge is 2.26. The van der Waals surface area contributed by atoms with E-state index >= 15 is 0 Å². The minimum Gasteiger partial charge on any atom is -0.497 e. The van der Waals surface area contributed by atoms with Gasteiger partial charge in [-0.3, -0.25) is 9.36 Å². The van der Waals surface area contributed by atoms with Crippen LogP contribution in [0.5, 0.6) is 5.75 Å². The van der Waals surface area contributed by atoms with Gasteiger partial charge in [0.05, 0.1) is 36.7 Å². The largest absolute Gasteiger partial charge is 0.497 e. The van der Waals surface area contributed by atoms with Crippen LogP contribution in [0.3, 0.4) is 0 Å². The van der Waals surface area contributed by atoms with Gasteiger partial charge in [0.1, 0.15) is 17.1 Å². The van der Waals surface area contributed by atoms with E-state index in [-0.39, 0.29) is 5.56 Å². The molecule has 5 nitrogen and oxygen atoms in total. The molecule has 0 spiro atoms. The molecule has 1 unspecified atom stereocenters. The normalized spacial score (nSPS) is 15.7. The third-order valence-corrected chi connectivity index (χ3v) is 7.82. The first-order chi connectivity index (χ1) is 15.1. The van der Waals surface area contributed by atoms with E-state index in [0.717, 1.165) is 52.1 Å². The fourth-order valence-corrected chi connectivity index (χ4v) is 6.36. The number of nitrogens with zero attached hydrogens (tertiary/aromatic N) is 2. The summed E-state index contributed by atoms with van der Waals surface area (Å²) in [5, 5.41) is 1.53. The Hall–Kier alpha value is -2.61. The molecule has 1 atom stereocenters. The Kier molecular flexibility index (Phi) is 5.56. The number of thiophene rings is 1. The van der Waals surface area contributed by atoms with Crippen molar-refractivity contribution in [2.45, 2.75) is 23.9 Å². The number of likely N-dealkylation sites (N-methyl/N-ethyl adjacent to an activating group) is 1. The fourth-order valence-electron chi connectivity index (χ4n) is 4.02. The molecule has 1 aliphatic heterocycles. The average Bonchev–Trinajstić information content (AvgIpc) is 3.16. The van der Waals surface area contributed by atoms with Crippen LogP contribution in [0.1, 0.15) is 16.0 Å². The van der Waals surface area contributed by atoms with Crippen molar-refractivity contribution in [3.63, 3.8) is 0 Å². The van der Waals surface area contributed by atoms with Crippen LogP contribution in [0, 0.1) is 0 Å². The number of hydrogen-bond donors (Lipinski definition) is 1. The molecular weight excluding hydrogens is 426 g/mol. The fraction of sp³-hybridized carbons (Fsp3) is 0.250. The van der Waals surface area contributed by atoms with E-state index in [2.05, 4.69) is 19.2 Å². The third kappa shape index (κ3) is 3.89. The summed E-state index contributed by atoms with van der Waals surface area (Å²) in [6.45, 7) is 2.01. The Labute approximate surface area is 189 Å². The summed E-state index contributed by atoms with van der Waals surface area (Å²) in [4.78, 5) is 22.5. The number of quaternary nitrogens is 1. The number of thioether (sulfide) groups is 1. The maximum atomic E-state index is 13.8. The molecule has 5 rings (SSSR count). The summed E-state index contributed by atoms with van der Waals surface area (Å²) < 4.78 is 7.08. The first-order valence-electron chi connectivity index (χ1n) is 10.3. The Morgan fingerprint density at radius 1 is 1.16 bits per heavy atom. The van der Waals surface area contributed by atoms with Crippen LogP contribution < -0.4 is 15.2 Å². The lowest BCUT2D eigenvalue weighted by Crippen LogP contribution is -3.08. The minimum atomic E-state index is 0.0304. The first-order valence-corrected chi connectivity index (χ1v) is 12.1. The molecule has 31 heavy (non-hydrogen) atoms. The highest BCUT2D eigenvalue weighted by molar-refractivity contribution is 7.98. The number of benzene rings is 2. The summed E-state index contributed by atoms with van der Waals surface area (Å²) in [6.07, 6.45) is 0.928. The second-order valence-corrected chi connectivity index (χ2v) is 9.85. The number of ether oxygens (including phenoxy) is 1. The van der Waals surface area contributed by atoms with E-state index in [4.69, 9.17) is 9.72 Å². The minimum absolute atomic E-state index is 0.0304. The topological polar surface area (TPSA) is 48.6 Å². The third-order valence-electron chi connectivity index (χ3n) is 5.68. The van der Waals surface area contributed by atoms with Crippen LogP contribution in [0.4, 0.5) is 0 Å². The molecule has 158 valence electrons. The maximum absolute atomic E-state index is 13.8. The van der Waals surface area contributed by atoms with Crippen LogP contribution in [0.15, 0.2) is 64.5 Å². The van der Waals surface area contributed by atoms with E-state index in [1.807, 2.05) is 42.5 Å². The molecule has 2 aromatic carbocycles. The van der Waals surface area contributed by atoms with Crippen molar-refractivity contribution >= 4 is 33.3 Å². The molecule has 0 saturated heterocycles. The number of fused-ring (bicyclic) bond motifs is 3. The second-order valence-electron chi connectivity index (χ2n) is 7.83. The van der Waals surface area contributed by atoms with E-state index in [1.165, 1.54) is 20.9 Å². The predicted octanol–water partition coefficient (Wildman–Crippen LogP) is 3.32. The Bertz CT molecular complexity index is 1280. The number of aromatic nitrogens is 2. The molecule has 4 aromatic rings. The number of hydrogen-bond acceptors (Lipinski definition) is 5. The van der Waals surface area contributed by atoms with E-state index < -0.39 is 0 Å². The summed E-state index contributed by atoms with van der Waals surface area (Å²) >= 11 is 3.29. The molecule has 0 fully saturated rings. The highest BCUT2D eigenvalue weighted by atomic mass is 32.2. The molecule has 1 aliphatic rings. The van der Waals surface area contributed by atoms with E-state index in [9.17, 15) is 4.79 Å². The molecule has 7 heteroatoms. The van der Waals surface area contributed by atoms with Crippen molar-refractivity contribution in [1.82, 2.24) is 9.55 Å². The Morgan fingerprint density at radius 2 is 1.94 bits per heavy atom. The second kappa shape index (κ2) is 8.49. The van der Waals surface area contributed by atoms with Gasteiger partial charge >= 0.3 is 0 Å². The number of methoxy groups -OCH3 is 1. The van der Waals surface area contributed by atoms with Crippen molar-refractivity contribution in [3.05, 3.63) is 81.0 Å². The molecule has 0 radical (unpaired) electrons. The zero-order valence-corrected chi connectivity index (χ0v) is 19.2. The lowest BCUT2D eigenvalue weighted by Gasteiger charge is -2.19. The van der Waals surface area contributed by atoms with Crippen molar-refractivity contribution in [2.24, 2.45) is 0 Å². The molecule has 1 N–H and O–H groups in total. The molecule has 0 saturated carbocycles. The van der Waals surface area contributed by atoms with Gasteiger partial charge in [-0.2, -0.15) is 0 Å². The van der Waals surface area contributed by atoms with Gasteiger partial charge in [0, 0.05) is 12.2 Å². The van der Waals surface area contributed by atoms with Crippen molar-refractivity contribution in [2.75, 3.05) is 20.7 Å². The smallest absolute Gasteiger partial charge is 0.267 e. The molecule has 0 amide bonds. The Morgan fingerprint density at radius 3 is 2.68 bits per heavy atom. The van der Waals surface area contributed by atoms with Gasteiger partial charge in [-0.1, -0.05) is 42.1 Å². The highest BCUT2D eigenvalue weighted by Crippen LogP contribution is 2.32. The lowest BCUT2D eigenvalue weighted by molar-refractivity contribution is -0.895. The van der Waals surface area contributed by atoms with E-state index in [1.54, 1.807) is 34.8 Å². The van der Waals surface area contributed by atoms with Gasteiger partial charge < -0.3 is 9.64 Å². The van der Waals surface area contributed by atoms with Gasteiger partial charge in [-0.05, 0) is 35.4 Å². The van der Waals surface area contributed by atoms with Crippen LogP contribution in [-0.4, -0.2) is 30.3 Å². The predicted molar refractivity (Wildman–Crippen MR) is 127 cm³/mol. The zero-order chi connectivity index (χ0) is 21.4. The van der Waals surface area contributed by atoms with Crippen LogP contribution in [0.25, 0.3) is 15.9 Å². The Balaban J connectivity index is 1.66. The van der Waals surface area contributed by atoms with Gasteiger partial charge in [0.25, 0.3) is 5.56 Å². The number of nitrogens with one attached hydrogen (secondary N) is 1. The van der Waals surface area contributed by atoms with Crippen LogP contribution in [-0.2, 0) is 18.7 Å². The molecule has 0 bridgehead atoms. The average molecular weight is 451 g/mol. The number of rotatable bonds is 5. The zero-order valence-electron chi connectivity index (χ0n) is 17.6. The van der Waals surface area contributed by atoms with Gasteiger partial charge in [0.15, 0.2) is 5.16 Å². The summed E-state index contributed by atoms with van der Waals surface area (Å²) in [5.41, 5.74) is 3.25. The maximum Gasteiger partial charge on any atom is 0.267 e. The summed E-state index contributed by atoms with van der Waals surface area (Å²) in [6, 6.07) is 17.9. The molecule has 0 aliphatic carbocycles. The van der Waals surface area contributed by atoms with Gasteiger partial charge in [-0.15, -0.1) is 11.3 Å².